The van der Waals surface area contributed by atoms with Gasteiger partial charge in [0.15, 0.2) is 11.5 Å². The van der Waals surface area contributed by atoms with Crippen molar-refractivity contribution in [3.05, 3.63) is 47.5 Å². The number of carbonyl (C=O) groups is 1. The van der Waals surface area contributed by atoms with Crippen LogP contribution in [0.4, 0.5) is 11.4 Å². The van der Waals surface area contributed by atoms with Crippen LogP contribution in [0.3, 0.4) is 0 Å². The molecule has 2 aromatic carbocycles. The molecule has 0 unspecified atom stereocenters. The number of halogens is 1. The summed E-state index contributed by atoms with van der Waals surface area (Å²) in [6.45, 7) is 1.75. The van der Waals surface area contributed by atoms with Crippen LogP contribution in [0.2, 0.25) is 0 Å². The first-order chi connectivity index (χ1) is 11.2. The molecule has 2 N–H and O–H groups in total. The van der Waals surface area contributed by atoms with Gasteiger partial charge >= 0.3 is 0 Å². The predicted octanol–water partition coefficient (Wildman–Crippen LogP) is 3.05. The lowest BCUT2D eigenvalue weighted by atomic mass is 9.99. The summed E-state index contributed by atoms with van der Waals surface area (Å²) in [4.78, 5) is 14.8. The van der Waals surface area contributed by atoms with E-state index in [1.165, 1.54) is 0 Å². The van der Waals surface area contributed by atoms with Gasteiger partial charge in [0, 0.05) is 23.5 Å². The van der Waals surface area contributed by atoms with Gasteiger partial charge in [-0.15, -0.1) is 12.4 Å². The Kier molecular flexibility index (Phi) is 4.53. The molecule has 2 aliphatic heterocycles. The molecule has 2 aromatic rings. The third kappa shape index (κ3) is 2.76. The van der Waals surface area contributed by atoms with Gasteiger partial charge < -0.3 is 20.1 Å². The first-order valence-corrected chi connectivity index (χ1v) is 7.83. The minimum Gasteiger partial charge on any atom is -0.486 e. The molecule has 0 bridgehead atoms. The van der Waals surface area contributed by atoms with Gasteiger partial charge in [-0.1, -0.05) is 6.07 Å². The van der Waals surface area contributed by atoms with Crippen molar-refractivity contribution in [2.75, 3.05) is 30.4 Å². The van der Waals surface area contributed by atoms with Crippen LogP contribution in [0.1, 0.15) is 22.3 Å². The number of anilines is 2. The van der Waals surface area contributed by atoms with Crippen LogP contribution >= 0.6 is 12.4 Å². The van der Waals surface area contributed by atoms with E-state index in [4.69, 9.17) is 15.2 Å². The van der Waals surface area contributed by atoms with E-state index in [2.05, 4.69) is 0 Å². The molecule has 0 fully saturated rings. The zero-order valence-electron chi connectivity index (χ0n) is 13.2. The van der Waals surface area contributed by atoms with Gasteiger partial charge in [0.1, 0.15) is 13.2 Å². The average Bonchev–Trinajstić information content (AvgIpc) is 2.61. The third-order valence-corrected chi connectivity index (χ3v) is 4.32. The summed E-state index contributed by atoms with van der Waals surface area (Å²) in [7, 11) is 0. The van der Waals surface area contributed by atoms with Gasteiger partial charge in [-0.2, -0.15) is 0 Å². The number of hydrogen-bond donors (Lipinski definition) is 1. The first kappa shape index (κ1) is 16.5. The molecule has 0 spiro atoms. The van der Waals surface area contributed by atoms with Crippen molar-refractivity contribution in [3.8, 4) is 11.5 Å². The molecule has 0 aromatic heterocycles. The number of hydrogen-bond acceptors (Lipinski definition) is 4. The molecule has 0 saturated heterocycles. The van der Waals surface area contributed by atoms with Crippen molar-refractivity contribution in [3.63, 3.8) is 0 Å². The second-order valence-electron chi connectivity index (χ2n) is 5.76. The Labute approximate surface area is 146 Å². The van der Waals surface area contributed by atoms with E-state index in [0.29, 0.717) is 36.8 Å². The quantitative estimate of drug-likeness (QED) is 0.806. The predicted molar refractivity (Wildman–Crippen MR) is 95.5 cm³/mol. The van der Waals surface area contributed by atoms with Crippen LogP contribution in [0.15, 0.2) is 36.4 Å². The Morgan fingerprint density at radius 1 is 1.08 bits per heavy atom. The Balaban J connectivity index is 0.00000169. The number of nitrogen functional groups attached to an aromatic ring is 1. The Morgan fingerprint density at radius 3 is 2.71 bits per heavy atom. The Hall–Kier alpha value is -2.40. The SMILES string of the molecule is Cl.Nc1cccc2c1CCCN2C(=O)c1ccc2c(c1)OCCO2. The molecule has 126 valence electrons. The zero-order valence-corrected chi connectivity index (χ0v) is 14.0. The van der Waals surface area contributed by atoms with E-state index < -0.39 is 0 Å². The number of nitrogens with zero attached hydrogens (tertiary/aromatic N) is 1. The van der Waals surface area contributed by atoms with Crippen molar-refractivity contribution in [1.82, 2.24) is 0 Å². The van der Waals surface area contributed by atoms with E-state index in [9.17, 15) is 4.79 Å². The van der Waals surface area contributed by atoms with E-state index >= 15 is 0 Å². The number of ether oxygens (including phenoxy) is 2. The van der Waals surface area contributed by atoms with Crippen LogP contribution in [0.25, 0.3) is 0 Å². The second-order valence-corrected chi connectivity index (χ2v) is 5.76. The summed E-state index contributed by atoms with van der Waals surface area (Å²) in [5.74, 6) is 1.29. The van der Waals surface area contributed by atoms with Crippen molar-refractivity contribution in [1.29, 1.82) is 0 Å². The van der Waals surface area contributed by atoms with Crippen molar-refractivity contribution in [2.24, 2.45) is 0 Å². The standard InChI is InChI=1S/C18H18N2O3.ClH/c19-14-4-1-5-15-13(14)3-2-8-20(15)18(21)12-6-7-16-17(11-12)23-10-9-22-16;/h1,4-7,11H,2-3,8-10,19H2;1H. The molecule has 4 rings (SSSR count). The van der Waals surface area contributed by atoms with Crippen LogP contribution in [-0.4, -0.2) is 25.7 Å². The lowest BCUT2D eigenvalue weighted by molar-refractivity contribution is 0.0984. The van der Waals surface area contributed by atoms with Crippen LogP contribution in [-0.2, 0) is 6.42 Å². The van der Waals surface area contributed by atoms with Crippen molar-refractivity contribution in [2.45, 2.75) is 12.8 Å². The summed E-state index contributed by atoms with van der Waals surface area (Å²) in [6.07, 6.45) is 1.82. The minimum atomic E-state index is -0.0338. The third-order valence-electron chi connectivity index (χ3n) is 4.32. The Morgan fingerprint density at radius 2 is 1.88 bits per heavy atom. The summed E-state index contributed by atoms with van der Waals surface area (Å²) < 4.78 is 11.1. The van der Waals surface area contributed by atoms with Gasteiger partial charge in [0.25, 0.3) is 5.91 Å². The lowest BCUT2D eigenvalue weighted by Crippen LogP contribution is -2.35. The number of benzene rings is 2. The van der Waals surface area contributed by atoms with Crippen molar-refractivity contribution >= 4 is 29.7 Å². The fourth-order valence-corrected chi connectivity index (χ4v) is 3.19. The molecule has 2 aliphatic rings. The summed E-state index contributed by atoms with van der Waals surface area (Å²) in [5, 5.41) is 0. The number of carbonyl (C=O) groups excluding carboxylic acids is 1. The number of rotatable bonds is 1. The molecule has 0 atom stereocenters. The normalized spacial score (nSPS) is 15.2. The highest BCUT2D eigenvalue weighted by molar-refractivity contribution is 6.07. The first-order valence-electron chi connectivity index (χ1n) is 7.83. The van der Waals surface area contributed by atoms with Crippen molar-refractivity contribution < 1.29 is 14.3 Å². The van der Waals surface area contributed by atoms with E-state index in [1.54, 1.807) is 23.1 Å². The number of nitrogens with two attached hydrogens (primary N) is 1. The van der Waals surface area contributed by atoms with Crippen LogP contribution < -0.4 is 20.1 Å². The van der Waals surface area contributed by atoms with Gasteiger partial charge in [0.2, 0.25) is 0 Å². The highest BCUT2D eigenvalue weighted by Crippen LogP contribution is 2.34. The lowest BCUT2D eigenvalue weighted by Gasteiger charge is -2.30. The zero-order chi connectivity index (χ0) is 15.8. The molecule has 2 heterocycles. The number of amides is 1. The highest BCUT2D eigenvalue weighted by Gasteiger charge is 2.25. The molecule has 24 heavy (non-hydrogen) atoms. The van der Waals surface area contributed by atoms with E-state index in [-0.39, 0.29) is 18.3 Å². The molecule has 5 nitrogen and oxygen atoms in total. The maximum Gasteiger partial charge on any atom is 0.258 e. The van der Waals surface area contributed by atoms with E-state index in [1.807, 2.05) is 18.2 Å². The monoisotopic (exact) mass is 346 g/mol. The van der Waals surface area contributed by atoms with Gasteiger partial charge in [-0.25, -0.2) is 0 Å². The molecule has 1 amide bonds. The van der Waals surface area contributed by atoms with Gasteiger partial charge in [-0.3, -0.25) is 4.79 Å². The topological polar surface area (TPSA) is 64.8 Å². The smallest absolute Gasteiger partial charge is 0.258 e. The maximum atomic E-state index is 12.9. The molecule has 0 saturated carbocycles. The largest absolute Gasteiger partial charge is 0.486 e. The fourth-order valence-electron chi connectivity index (χ4n) is 3.19. The molecular formula is C18H19ClN2O3. The van der Waals surface area contributed by atoms with Crippen LogP contribution in [0.5, 0.6) is 11.5 Å². The summed E-state index contributed by atoms with van der Waals surface area (Å²) in [5.41, 5.74) is 9.39. The molecular weight excluding hydrogens is 328 g/mol. The molecule has 6 heteroatoms. The van der Waals surface area contributed by atoms with Crippen LogP contribution in [0, 0.1) is 0 Å². The number of fused-ring (bicyclic) bond motifs is 2. The van der Waals surface area contributed by atoms with E-state index in [0.717, 1.165) is 29.8 Å². The second kappa shape index (κ2) is 6.61. The average molecular weight is 347 g/mol. The Bertz CT molecular complexity index is 779. The highest BCUT2D eigenvalue weighted by atomic mass is 35.5. The summed E-state index contributed by atoms with van der Waals surface area (Å²) >= 11 is 0. The summed E-state index contributed by atoms with van der Waals surface area (Å²) in [6, 6.07) is 11.1. The minimum absolute atomic E-state index is 0. The fraction of sp³-hybridized carbons (Fsp3) is 0.278. The molecule has 0 radical (unpaired) electrons. The van der Waals surface area contributed by atoms with Gasteiger partial charge in [-0.05, 0) is 48.7 Å². The maximum absolute atomic E-state index is 12.9. The van der Waals surface area contributed by atoms with Gasteiger partial charge in [0.05, 0.1) is 0 Å². The molecule has 0 aliphatic carbocycles.